The third-order valence-corrected chi connectivity index (χ3v) is 5.79. The largest absolute Gasteiger partial charge is 0.508 e. The lowest BCUT2D eigenvalue weighted by Crippen LogP contribution is -2.24. The molecule has 16 heavy (non-hydrogen) atoms. The van der Waals surface area contributed by atoms with Crippen LogP contribution >= 0.6 is 46.6 Å². The zero-order chi connectivity index (χ0) is 11.5. The molecule has 0 amide bonds. The second-order valence-corrected chi connectivity index (χ2v) is 6.48. The Morgan fingerprint density at radius 3 is 2.88 bits per heavy atom. The summed E-state index contributed by atoms with van der Waals surface area (Å²) in [6.07, 6.45) is 0. The smallest absolute Gasteiger partial charge is 0.137 e. The second kappa shape index (κ2) is 5.55. The number of phenols is 1. The van der Waals surface area contributed by atoms with Crippen LogP contribution in [-0.2, 0) is 6.54 Å². The van der Waals surface area contributed by atoms with E-state index in [1.54, 1.807) is 17.8 Å². The lowest BCUT2D eigenvalue weighted by atomic mass is 10.2. The first-order valence-electron chi connectivity index (χ1n) is 4.99. The van der Waals surface area contributed by atoms with E-state index in [1.165, 1.54) is 0 Å². The van der Waals surface area contributed by atoms with Crippen molar-refractivity contribution >= 4 is 50.9 Å². The monoisotopic (exact) mass is 365 g/mol. The first-order valence-corrected chi connectivity index (χ1v) is 7.80. The molecule has 1 unspecified atom stereocenters. The molecule has 0 spiro atoms. The number of aromatic hydroxyl groups is 1. The molecule has 0 bridgehead atoms. The third kappa shape index (κ3) is 2.81. The Labute approximate surface area is 119 Å². The Morgan fingerprint density at radius 2 is 2.25 bits per heavy atom. The van der Waals surface area contributed by atoms with E-state index >= 15 is 0 Å². The molecule has 0 radical (unpaired) electrons. The summed E-state index contributed by atoms with van der Waals surface area (Å²) < 4.78 is 2.06. The van der Waals surface area contributed by atoms with Crippen LogP contribution in [0.2, 0.25) is 0 Å². The van der Waals surface area contributed by atoms with Gasteiger partial charge in [0.05, 0.1) is 0 Å². The van der Waals surface area contributed by atoms with Crippen LogP contribution in [0.4, 0.5) is 0 Å². The fourth-order valence-corrected chi connectivity index (χ4v) is 3.89. The van der Waals surface area contributed by atoms with Crippen LogP contribution in [0, 0.1) is 0 Å². The fourth-order valence-electron chi connectivity index (χ4n) is 1.63. The average molecular weight is 365 g/mol. The maximum Gasteiger partial charge on any atom is 0.137 e. The summed E-state index contributed by atoms with van der Waals surface area (Å²) in [7, 11) is 0. The number of alkyl halides is 1. The lowest BCUT2D eigenvalue weighted by molar-refractivity contribution is 0.418. The molecule has 1 aromatic rings. The maximum atomic E-state index is 9.70. The molecule has 0 aromatic heterocycles. The van der Waals surface area contributed by atoms with Crippen molar-refractivity contribution in [3.8, 4) is 5.75 Å². The molecule has 0 aliphatic carbocycles. The van der Waals surface area contributed by atoms with Gasteiger partial charge in [0.1, 0.15) is 10.1 Å². The van der Waals surface area contributed by atoms with Gasteiger partial charge in [0, 0.05) is 28.3 Å². The molecule has 86 valence electrons. The van der Waals surface area contributed by atoms with E-state index in [2.05, 4.69) is 27.5 Å². The molecule has 1 aromatic carbocycles. The fraction of sp³-hybridized carbons (Fsp3) is 0.364. The highest BCUT2D eigenvalue weighted by molar-refractivity contribution is 14.1. The van der Waals surface area contributed by atoms with Crippen LogP contribution in [0.5, 0.6) is 5.75 Å². The van der Waals surface area contributed by atoms with E-state index < -0.39 is 0 Å². The predicted molar refractivity (Wildman–Crippen MR) is 81.4 cm³/mol. The van der Waals surface area contributed by atoms with Gasteiger partial charge in [-0.1, -0.05) is 64.8 Å². The highest BCUT2D eigenvalue weighted by atomic mass is 127. The first-order chi connectivity index (χ1) is 7.70. The van der Waals surface area contributed by atoms with Crippen molar-refractivity contribution in [1.82, 2.24) is 4.90 Å². The van der Waals surface area contributed by atoms with Gasteiger partial charge in [-0.3, -0.25) is 0 Å². The van der Waals surface area contributed by atoms with E-state index in [1.807, 2.05) is 18.2 Å². The quantitative estimate of drug-likeness (QED) is 0.505. The highest BCUT2D eigenvalue weighted by Crippen LogP contribution is 2.30. The summed E-state index contributed by atoms with van der Waals surface area (Å²) in [6, 6.07) is 7.44. The molecule has 1 aliphatic rings. The van der Waals surface area contributed by atoms with Crippen molar-refractivity contribution in [2.45, 2.75) is 11.8 Å². The SMILES string of the molecule is Oc1ccccc1CN1CC(CI)SC1=S. The molecule has 2 nitrogen and oxygen atoms in total. The molecule has 1 N–H and O–H groups in total. The van der Waals surface area contributed by atoms with Crippen molar-refractivity contribution in [2.24, 2.45) is 0 Å². The standard InChI is InChI=1S/C11H12INOS2/c12-5-9-7-13(11(15)16-9)6-8-3-1-2-4-10(8)14/h1-4,9,14H,5-7H2. The average Bonchev–Trinajstić information content (AvgIpc) is 2.63. The van der Waals surface area contributed by atoms with Gasteiger partial charge in [-0.05, 0) is 6.07 Å². The van der Waals surface area contributed by atoms with E-state index in [0.29, 0.717) is 17.5 Å². The minimum atomic E-state index is 0.355. The van der Waals surface area contributed by atoms with Crippen LogP contribution in [-0.4, -0.2) is 30.5 Å². The second-order valence-electron chi connectivity index (χ2n) is 3.67. The number of hydrogen-bond acceptors (Lipinski definition) is 3. The zero-order valence-electron chi connectivity index (χ0n) is 8.60. The van der Waals surface area contributed by atoms with Crippen LogP contribution in [0.15, 0.2) is 24.3 Å². The Hall–Kier alpha value is -0.0100. The molecule has 5 heteroatoms. The zero-order valence-corrected chi connectivity index (χ0v) is 12.4. The van der Waals surface area contributed by atoms with Gasteiger partial charge in [0.15, 0.2) is 0 Å². The summed E-state index contributed by atoms with van der Waals surface area (Å²) in [5.41, 5.74) is 0.944. The van der Waals surface area contributed by atoms with Crippen molar-refractivity contribution < 1.29 is 5.11 Å². The minimum Gasteiger partial charge on any atom is -0.508 e. The molecule has 1 heterocycles. The maximum absolute atomic E-state index is 9.70. The molecule has 1 atom stereocenters. The van der Waals surface area contributed by atoms with Gasteiger partial charge < -0.3 is 10.0 Å². The molecule has 1 fully saturated rings. The van der Waals surface area contributed by atoms with Crippen LogP contribution in [0.3, 0.4) is 0 Å². The number of hydrogen-bond donors (Lipinski definition) is 1. The summed E-state index contributed by atoms with van der Waals surface area (Å²) >= 11 is 9.49. The molecule has 1 aliphatic heterocycles. The number of thiocarbonyl (C=S) groups is 1. The van der Waals surface area contributed by atoms with Gasteiger partial charge in [-0.2, -0.15) is 0 Å². The minimum absolute atomic E-state index is 0.355. The Balaban J connectivity index is 2.06. The Morgan fingerprint density at radius 1 is 1.50 bits per heavy atom. The van der Waals surface area contributed by atoms with Gasteiger partial charge in [0.25, 0.3) is 0 Å². The number of halogens is 1. The predicted octanol–water partition coefficient (Wildman–Crippen LogP) is 3.03. The van der Waals surface area contributed by atoms with Crippen molar-refractivity contribution in [3.63, 3.8) is 0 Å². The van der Waals surface area contributed by atoms with E-state index in [0.717, 1.165) is 20.9 Å². The number of benzene rings is 1. The van der Waals surface area contributed by atoms with E-state index in [4.69, 9.17) is 12.2 Å². The normalized spacial score (nSPS) is 20.4. The van der Waals surface area contributed by atoms with Gasteiger partial charge in [-0.25, -0.2) is 0 Å². The van der Waals surface area contributed by atoms with Gasteiger partial charge in [0.2, 0.25) is 0 Å². The highest BCUT2D eigenvalue weighted by Gasteiger charge is 2.26. The molecule has 2 rings (SSSR count). The summed E-state index contributed by atoms with van der Waals surface area (Å²) in [6.45, 7) is 1.70. The van der Waals surface area contributed by atoms with Crippen molar-refractivity contribution in [2.75, 3.05) is 11.0 Å². The summed E-state index contributed by atoms with van der Waals surface area (Å²) in [5.74, 6) is 0.355. The summed E-state index contributed by atoms with van der Waals surface area (Å²) in [5, 5.41) is 10.3. The van der Waals surface area contributed by atoms with Crippen LogP contribution in [0.25, 0.3) is 0 Å². The van der Waals surface area contributed by atoms with Crippen LogP contribution in [0.1, 0.15) is 5.56 Å². The topological polar surface area (TPSA) is 23.5 Å². The van der Waals surface area contributed by atoms with Crippen molar-refractivity contribution in [1.29, 1.82) is 0 Å². The lowest BCUT2D eigenvalue weighted by Gasteiger charge is -2.17. The molecule has 0 saturated carbocycles. The number of rotatable bonds is 3. The number of thioether (sulfide) groups is 1. The Bertz CT molecular complexity index is 399. The first kappa shape index (κ1) is 12.4. The molecular weight excluding hydrogens is 353 g/mol. The number of para-hydroxylation sites is 1. The van der Waals surface area contributed by atoms with Crippen molar-refractivity contribution in [3.05, 3.63) is 29.8 Å². The van der Waals surface area contributed by atoms with Gasteiger partial charge in [-0.15, -0.1) is 0 Å². The molecular formula is C11H12INOS2. The van der Waals surface area contributed by atoms with E-state index in [-0.39, 0.29) is 0 Å². The molecule has 1 saturated heterocycles. The van der Waals surface area contributed by atoms with Gasteiger partial charge >= 0.3 is 0 Å². The number of phenolic OH excluding ortho intramolecular Hbond substituents is 1. The van der Waals surface area contributed by atoms with E-state index in [9.17, 15) is 5.11 Å². The van der Waals surface area contributed by atoms with Crippen LogP contribution < -0.4 is 0 Å². The third-order valence-electron chi connectivity index (χ3n) is 2.47. The summed E-state index contributed by atoms with van der Waals surface area (Å²) in [4.78, 5) is 2.17. The number of nitrogens with zero attached hydrogens (tertiary/aromatic N) is 1. The Kier molecular flexibility index (Phi) is 4.32.